The number of carbonyl (C=O) groups is 1. The maximum Gasteiger partial charge on any atom is 0.234 e. The molecule has 0 aromatic heterocycles. The van der Waals surface area contributed by atoms with Gasteiger partial charge in [-0.15, -0.1) is 0 Å². The number of nitrogens with one attached hydrogen (secondary N) is 2. The molecule has 2 heterocycles. The lowest BCUT2D eigenvalue weighted by Crippen LogP contribution is -2.45. The van der Waals surface area contributed by atoms with Gasteiger partial charge in [-0.3, -0.25) is 9.69 Å². The summed E-state index contributed by atoms with van der Waals surface area (Å²) in [7, 11) is 0. The molecule has 3 rings (SSSR count). The molecule has 0 aliphatic carbocycles. The largest absolute Gasteiger partial charge is 0.348 e. The summed E-state index contributed by atoms with van der Waals surface area (Å²) in [5.41, 5.74) is 0.969. The monoisotopic (exact) mass is 321 g/mol. The molecule has 2 N–H and O–H groups in total. The second-order valence-corrected chi connectivity index (χ2v) is 6.92. The Bertz CT molecular complexity index is 536. The first-order valence-electron chi connectivity index (χ1n) is 8.10. The summed E-state index contributed by atoms with van der Waals surface area (Å²) in [4.78, 5) is 14.6. The summed E-state index contributed by atoms with van der Waals surface area (Å²) in [6.45, 7) is 6.76. The van der Waals surface area contributed by atoms with E-state index in [0.29, 0.717) is 17.5 Å². The van der Waals surface area contributed by atoms with Crippen molar-refractivity contribution >= 4 is 17.5 Å². The van der Waals surface area contributed by atoms with Crippen LogP contribution in [0, 0.1) is 11.8 Å². The number of hydrogen-bond acceptors (Lipinski definition) is 3. The Kier molecular flexibility index (Phi) is 5.01. The minimum Gasteiger partial charge on any atom is -0.348 e. The molecule has 1 amide bonds. The molecule has 0 spiro atoms. The third kappa shape index (κ3) is 3.62. The van der Waals surface area contributed by atoms with Crippen LogP contribution in [0.1, 0.15) is 24.9 Å². The lowest BCUT2D eigenvalue weighted by molar-refractivity contribution is -0.123. The van der Waals surface area contributed by atoms with E-state index in [-0.39, 0.29) is 11.9 Å². The van der Waals surface area contributed by atoms with Crippen molar-refractivity contribution in [1.82, 2.24) is 15.5 Å². The van der Waals surface area contributed by atoms with Gasteiger partial charge in [0.2, 0.25) is 5.91 Å². The summed E-state index contributed by atoms with van der Waals surface area (Å²) in [6.07, 6.45) is 1.20. The molecule has 0 radical (unpaired) electrons. The number of amides is 1. The molecule has 22 heavy (non-hydrogen) atoms. The molecule has 0 bridgehead atoms. The van der Waals surface area contributed by atoms with E-state index in [0.717, 1.165) is 37.7 Å². The summed E-state index contributed by atoms with van der Waals surface area (Å²) < 4.78 is 0. The van der Waals surface area contributed by atoms with Crippen LogP contribution in [-0.2, 0) is 4.79 Å². The van der Waals surface area contributed by atoms with Crippen molar-refractivity contribution in [2.45, 2.75) is 19.4 Å². The third-order valence-electron chi connectivity index (χ3n) is 4.90. The number of hydrogen-bond donors (Lipinski definition) is 2. The van der Waals surface area contributed by atoms with Crippen molar-refractivity contribution in [2.75, 3.05) is 32.7 Å². The molecule has 3 unspecified atom stereocenters. The smallest absolute Gasteiger partial charge is 0.234 e. The number of nitrogens with zero attached hydrogens (tertiary/aromatic N) is 1. The van der Waals surface area contributed by atoms with E-state index in [1.54, 1.807) is 0 Å². The topological polar surface area (TPSA) is 44.4 Å². The SMILES string of the molecule is CC(NC(=O)CN1CCC2CNCC2C1)c1ccccc1Cl. The van der Waals surface area contributed by atoms with Crippen molar-refractivity contribution in [3.8, 4) is 0 Å². The van der Waals surface area contributed by atoms with E-state index in [2.05, 4.69) is 15.5 Å². The first-order chi connectivity index (χ1) is 10.6. The molecule has 0 saturated carbocycles. The molecular weight excluding hydrogens is 298 g/mol. The van der Waals surface area contributed by atoms with Gasteiger partial charge in [-0.2, -0.15) is 0 Å². The standard InChI is InChI=1S/C17H24ClN3O/c1-12(15-4-2-3-5-16(15)18)20-17(22)11-21-7-6-13-8-19-9-14(13)10-21/h2-5,12-14,19H,6-11H2,1H3,(H,20,22). The minimum absolute atomic E-state index is 0.0631. The van der Waals surface area contributed by atoms with Crippen LogP contribution in [0.15, 0.2) is 24.3 Å². The summed E-state index contributed by atoms with van der Waals surface area (Å²) in [5, 5.41) is 7.22. The molecule has 2 fully saturated rings. The molecule has 1 aromatic carbocycles. The fourth-order valence-electron chi connectivity index (χ4n) is 3.65. The Morgan fingerprint density at radius 2 is 2.18 bits per heavy atom. The van der Waals surface area contributed by atoms with Crippen molar-refractivity contribution in [1.29, 1.82) is 0 Å². The van der Waals surface area contributed by atoms with Crippen LogP contribution in [0.3, 0.4) is 0 Å². The van der Waals surface area contributed by atoms with E-state index in [9.17, 15) is 4.79 Å². The Morgan fingerprint density at radius 1 is 1.41 bits per heavy atom. The quantitative estimate of drug-likeness (QED) is 0.892. The van der Waals surface area contributed by atoms with Crippen molar-refractivity contribution in [2.24, 2.45) is 11.8 Å². The van der Waals surface area contributed by atoms with Crippen molar-refractivity contribution in [3.63, 3.8) is 0 Å². The van der Waals surface area contributed by atoms with Crippen LogP contribution < -0.4 is 10.6 Å². The molecule has 2 aliphatic heterocycles. The third-order valence-corrected chi connectivity index (χ3v) is 5.25. The number of halogens is 1. The number of benzene rings is 1. The maximum absolute atomic E-state index is 12.3. The summed E-state index contributed by atoms with van der Waals surface area (Å²) >= 11 is 6.19. The predicted octanol–water partition coefficient (Wildman–Crippen LogP) is 2.06. The highest BCUT2D eigenvalue weighted by Gasteiger charge is 2.33. The van der Waals surface area contributed by atoms with Gasteiger partial charge in [0.1, 0.15) is 0 Å². The highest BCUT2D eigenvalue weighted by molar-refractivity contribution is 6.31. The lowest BCUT2D eigenvalue weighted by atomic mass is 9.89. The van der Waals surface area contributed by atoms with Gasteiger partial charge in [0, 0.05) is 11.6 Å². The van der Waals surface area contributed by atoms with Gasteiger partial charge in [0.05, 0.1) is 12.6 Å². The molecule has 4 nitrogen and oxygen atoms in total. The highest BCUT2D eigenvalue weighted by atomic mass is 35.5. The van der Waals surface area contributed by atoms with E-state index in [4.69, 9.17) is 11.6 Å². The zero-order chi connectivity index (χ0) is 15.5. The van der Waals surface area contributed by atoms with Crippen LogP contribution in [0.2, 0.25) is 5.02 Å². The van der Waals surface area contributed by atoms with E-state index >= 15 is 0 Å². The number of piperidine rings is 1. The lowest BCUT2D eigenvalue weighted by Gasteiger charge is -2.34. The molecule has 2 saturated heterocycles. The Labute approximate surface area is 137 Å². The molecule has 2 aliphatic rings. The molecule has 5 heteroatoms. The average Bonchev–Trinajstić information content (AvgIpc) is 2.95. The highest BCUT2D eigenvalue weighted by Crippen LogP contribution is 2.26. The molecule has 120 valence electrons. The number of likely N-dealkylation sites (tertiary alicyclic amines) is 1. The Balaban J connectivity index is 1.51. The zero-order valence-corrected chi connectivity index (χ0v) is 13.8. The van der Waals surface area contributed by atoms with Crippen LogP contribution in [-0.4, -0.2) is 43.5 Å². The molecular formula is C17H24ClN3O. The number of fused-ring (bicyclic) bond motifs is 1. The number of carbonyl (C=O) groups excluding carboxylic acids is 1. The normalized spacial score (nSPS) is 26.5. The van der Waals surface area contributed by atoms with Crippen LogP contribution in [0.5, 0.6) is 0 Å². The van der Waals surface area contributed by atoms with Gasteiger partial charge in [-0.25, -0.2) is 0 Å². The van der Waals surface area contributed by atoms with Gasteiger partial charge < -0.3 is 10.6 Å². The first kappa shape index (κ1) is 15.8. The molecule has 3 atom stereocenters. The summed E-state index contributed by atoms with van der Waals surface area (Å²) in [5.74, 6) is 1.60. The van der Waals surface area contributed by atoms with Gasteiger partial charge in [-0.05, 0) is 56.4 Å². The van der Waals surface area contributed by atoms with Gasteiger partial charge >= 0.3 is 0 Å². The second-order valence-electron chi connectivity index (χ2n) is 6.51. The predicted molar refractivity (Wildman–Crippen MR) is 88.9 cm³/mol. The van der Waals surface area contributed by atoms with Crippen LogP contribution in [0.4, 0.5) is 0 Å². The van der Waals surface area contributed by atoms with E-state index < -0.39 is 0 Å². The van der Waals surface area contributed by atoms with Crippen LogP contribution in [0.25, 0.3) is 0 Å². The fraction of sp³-hybridized carbons (Fsp3) is 0.588. The minimum atomic E-state index is -0.0631. The Morgan fingerprint density at radius 3 is 3.00 bits per heavy atom. The fourth-order valence-corrected chi connectivity index (χ4v) is 3.95. The second kappa shape index (κ2) is 6.99. The van der Waals surface area contributed by atoms with Crippen molar-refractivity contribution < 1.29 is 4.79 Å². The van der Waals surface area contributed by atoms with Crippen LogP contribution >= 0.6 is 11.6 Å². The molecule has 1 aromatic rings. The maximum atomic E-state index is 12.3. The van der Waals surface area contributed by atoms with E-state index in [1.165, 1.54) is 6.42 Å². The van der Waals surface area contributed by atoms with Crippen molar-refractivity contribution in [3.05, 3.63) is 34.9 Å². The number of rotatable bonds is 4. The van der Waals surface area contributed by atoms with Gasteiger partial charge in [0.15, 0.2) is 0 Å². The van der Waals surface area contributed by atoms with Gasteiger partial charge in [-0.1, -0.05) is 29.8 Å². The summed E-state index contributed by atoms with van der Waals surface area (Å²) in [6, 6.07) is 7.61. The Hall–Kier alpha value is -1.10. The zero-order valence-electron chi connectivity index (χ0n) is 13.0. The van der Waals surface area contributed by atoms with Gasteiger partial charge in [0.25, 0.3) is 0 Å². The average molecular weight is 322 g/mol. The first-order valence-corrected chi connectivity index (χ1v) is 8.48. The van der Waals surface area contributed by atoms with E-state index in [1.807, 2.05) is 31.2 Å².